The van der Waals surface area contributed by atoms with Gasteiger partial charge in [0.25, 0.3) is 5.91 Å². The standard InChI is InChI=1S/C25H32N6O4S2/c1-16(2)30-9-11-31(12-10-30)24(32)20-7-5-18(14-27-20)22-15-36-25(29-22)28-21-13-19(37(26,33)34)6-8-23(21)35-17(3)4/h5-8,13-17H,9-12H2,1-4H3,(H,28,29)(H2,26,33,34). The number of aromatic nitrogens is 2. The molecule has 198 valence electrons. The van der Waals surface area contributed by atoms with Crippen molar-refractivity contribution in [1.29, 1.82) is 0 Å². The topological polar surface area (TPSA) is 131 Å². The second-order valence-corrected chi connectivity index (χ2v) is 11.8. The van der Waals surface area contributed by atoms with Gasteiger partial charge in [-0.05, 0) is 58.0 Å². The normalized spacial score (nSPS) is 14.8. The van der Waals surface area contributed by atoms with Crippen LogP contribution in [0.15, 0.2) is 46.8 Å². The Morgan fingerprint density at radius 3 is 2.43 bits per heavy atom. The maximum Gasteiger partial charge on any atom is 0.272 e. The molecule has 3 heterocycles. The van der Waals surface area contributed by atoms with Gasteiger partial charge in [0.05, 0.1) is 22.4 Å². The van der Waals surface area contributed by atoms with Gasteiger partial charge in [-0.1, -0.05) is 0 Å². The van der Waals surface area contributed by atoms with Crippen LogP contribution in [-0.4, -0.2) is 72.4 Å². The fourth-order valence-electron chi connectivity index (χ4n) is 3.99. The molecule has 0 saturated carbocycles. The smallest absolute Gasteiger partial charge is 0.272 e. The van der Waals surface area contributed by atoms with Gasteiger partial charge in [0, 0.05) is 49.4 Å². The van der Waals surface area contributed by atoms with Gasteiger partial charge in [-0.15, -0.1) is 11.3 Å². The number of hydrogen-bond donors (Lipinski definition) is 2. The van der Waals surface area contributed by atoms with Crippen molar-refractivity contribution in [2.24, 2.45) is 5.14 Å². The molecule has 2 aromatic heterocycles. The van der Waals surface area contributed by atoms with Crippen LogP contribution in [0, 0.1) is 0 Å². The van der Waals surface area contributed by atoms with Gasteiger partial charge in [-0.2, -0.15) is 0 Å². The van der Waals surface area contributed by atoms with Crippen LogP contribution < -0.4 is 15.2 Å². The highest BCUT2D eigenvalue weighted by Crippen LogP contribution is 2.33. The number of hydrogen-bond acceptors (Lipinski definition) is 9. The summed E-state index contributed by atoms with van der Waals surface area (Å²) >= 11 is 1.35. The zero-order valence-corrected chi connectivity index (χ0v) is 23.0. The lowest BCUT2D eigenvalue weighted by Gasteiger charge is -2.36. The Bertz CT molecular complexity index is 1350. The van der Waals surface area contributed by atoms with E-state index in [4.69, 9.17) is 9.88 Å². The Morgan fingerprint density at radius 1 is 1.11 bits per heavy atom. The highest BCUT2D eigenvalue weighted by atomic mass is 32.2. The second-order valence-electron chi connectivity index (χ2n) is 9.39. The summed E-state index contributed by atoms with van der Waals surface area (Å²) in [7, 11) is -3.88. The van der Waals surface area contributed by atoms with Crippen molar-refractivity contribution in [3.8, 4) is 17.0 Å². The molecule has 4 rings (SSSR count). The van der Waals surface area contributed by atoms with Crippen LogP contribution in [0.3, 0.4) is 0 Å². The minimum Gasteiger partial charge on any atom is -0.489 e. The third-order valence-electron chi connectivity index (χ3n) is 6.00. The van der Waals surface area contributed by atoms with Crippen molar-refractivity contribution in [2.45, 2.75) is 44.7 Å². The lowest BCUT2D eigenvalue weighted by molar-refractivity contribution is 0.0590. The van der Waals surface area contributed by atoms with Gasteiger partial charge >= 0.3 is 0 Å². The molecular formula is C25H32N6O4S2. The molecule has 1 saturated heterocycles. The summed E-state index contributed by atoms with van der Waals surface area (Å²) < 4.78 is 29.5. The fraction of sp³-hybridized carbons (Fsp3) is 0.400. The Kier molecular flexibility index (Phi) is 8.12. The number of rotatable bonds is 8. The molecule has 3 aromatic rings. The molecule has 1 aromatic carbocycles. The lowest BCUT2D eigenvalue weighted by atomic mass is 10.2. The number of piperazine rings is 1. The summed E-state index contributed by atoms with van der Waals surface area (Å²) in [5.41, 5.74) is 2.30. The molecule has 0 aliphatic carbocycles. The van der Waals surface area contributed by atoms with Crippen LogP contribution in [-0.2, 0) is 10.0 Å². The SMILES string of the molecule is CC(C)Oc1ccc(S(N)(=O)=O)cc1Nc1nc(-c2ccc(C(=O)N3CCN(C(C)C)CC3)nc2)cs1. The van der Waals surface area contributed by atoms with Crippen LogP contribution in [0.4, 0.5) is 10.8 Å². The number of carbonyl (C=O) groups is 1. The first-order valence-corrected chi connectivity index (χ1v) is 14.5. The average molecular weight is 545 g/mol. The van der Waals surface area contributed by atoms with Gasteiger partial charge in [-0.25, -0.2) is 18.5 Å². The third kappa shape index (κ3) is 6.63. The van der Waals surface area contributed by atoms with E-state index in [2.05, 4.69) is 34.0 Å². The fourth-order valence-corrected chi connectivity index (χ4v) is 5.27. The molecule has 0 spiro atoms. The van der Waals surface area contributed by atoms with Gasteiger partial charge in [0.1, 0.15) is 11.4 Å². The number of carbonyl (C=O) groups excluding carboxylic acids is 1. The molecule has 1 amide bonds. The van der Waals surface area contributed by atoms with Crippen molar-refractivity contribution < 1.29 is 17.9 Å². The highest BCUT2D eigenvalue weighted by Gasteiger charge is 2.24. The van der Waals surface area contributed by atoms with E-state index in [9.17, 15) is 13.2 Å². The van der Waals surface area contributed by atoms with Gasteiger partial charge in [-0.3, -0.25) is 14.7 Å². The number of benzene rings is 1. The Morgan fingerprint density at radius 2 is 1.84 bits per heavy atom. The maximum atomic E-state index is 12.9. The Hall–Kier alpha value is -3.06. The number of amides is 1. The number of anilines is 2. The highest BCUT2D eigenvalue weighted by molar-refractivity contribution is 7.89. The molecule has 0 radical (unpaired) electrons. The van der Waals surface area contributed by atoms with E-state index < -0.39 is 10.0 Å². The van der Waals surface area contributed by atoms with E-state index in [-0.39, 0.29) is 16.9 Å². The molecule has 10 nitrogen and oxygen atoms in total. The third-order valence-corrected chi connectivity index (χ3v) is 7.67. The zero-order valence-electron chi connectivity index (χ0n) is 21.3. The first-order chi connectivity index (χ1) is 17.5. The van der Waals surface area contributed by atoms with E-state index in [0.29, 0.717) is 47.1 Å². The number of thiazole rings is 1. The summed E-state index contributed by atoms with van der Waals surface area (Å²) in [5.74, 6) is 0.418. The van der Waals surface area contributed by atoms with E-state index in [1.54, 1.807) is 18.3 Å². The maximum absolute atomic E-state index is 12.9. The predicted molar refractivity (Wildman–Crippen MR) is 145 cm³/mol. The minimum absolute atomic E-state index is 0.0297. The van der Waals surface area contributed by atoms with E-state index in [1.807, 2.05) is 30.2 Å². The molecule has 37 heavy (non-hydrogen) atoms. The van der Waals surface area contributed by atoms with Gasteiger partial charge in [0.2, 0.25) is 10.0 Å². The molecule has 0 unspecified atom stereocenters. The molecule has 3 N–H and O–H groups in total. The van der Waals surface area contributed by atoms with Crippen molar-refractivity contribution in [3.05, 3.63) is 47.6 Å². The van der Waals surface area contributed by atoms with Crippen LogP contribution in [0.25, 0.3) is 11.3 Å². The van der Waals surface area contributed by atoms with Crippen molar-refractivity contribution >= 4 is 38.1 Å². The summed E-state index contributed by atoms with van der Waals surface area (Å²) in [6.07, 6.45) is 1.53. The summed E-state index contributed by atoms with van der Waals surface area (Å²) in [4.78, 5) is 26.1. The zero-order chi connectivity index (χ0) is 26.7. The second kappa shape index (κ2) is 11.1. The molecule has 1 aliphatic heterocycles. The predicted octanol–water partition coefficient (Wildman–Crippen LogP) is 3.55. The molecule has 0 atom stereocenters. The quantitative estimate of drug-likeness (QED) is 0.440. The molecule has 0 bridgehead atoms. The van der Waals surface area contributed by atoms with Gasteiger partial charge < -0.3 is 15.0 Å². The number of ether oxygens (including phenoxy) is 1. The Labute approximate surface area is 221 Å². The number of nitrogens with zero attached hydrogens (tertiary/aromatic N) is 4. The molecule has 12 heteroatoms. The van der Waals surface area contributed by atoms with E-state index >= 15 is 0 Å². The number of sulfonamides is 1. The lowest BCUT2D eigenvalue weighted by Crippen LogP contribution is -2.50. The minimum atomic E-state index is -3.88. The van der Waals surface area contributed by atoms with E-state index in [0.717, 1.165) is 18.7 Å². The van der Waals surface area contributed by atoms with Crippen molar-refractivity contribution in [2.75, 3.05) is 31.5 Å². The van der Waals surface area contributed by atoms with Crippen LogP contribution in [0.2, 0.25) is 0 Å². The number of nitrogens with one attached hydrogen (secondary N) is 1. The molecule has 1 fully saturated rings. The summed E-state index contributed by atoms with van der Waals surface area (Å²) in [6, 6.07) is 8.43. The first kappa shape index (κ1) is 27.0. The molecular weight excluding hydrogens is 512 g/mol. The average Bonchev–Trinajstić information content (AvgIpc) is 3.32. The largest absolute Gasteiger partial charge is 0.489 e. The summed E-state index contributed by atoms with van der Waals surface area (Å²) in [6.45, 7) is 11.2. The van der Waals surface area contributed by atoms with Crippen LogP contribution in [0.1, 0.15) is 38.2 Å². The van der Waals surface area contributed by atoms with Gasteiger partial charge in [0.15, 0.2) is 5.13 Å². The summed E-state index contributed by atoms with van der Waals surface area (Å²) in [5, 5.41) is 10.8. The number of pyridine rings is 1. The number of nitrogens with two attached hydrogens (primary N) is 1. The number of primary sulfonamides is 1. The molecule has 1 aliphatic rings. The van der Waals surface area contributed by atoms with Crippen LogP contribution >= 0.6 is 11.3 Å². The van der Waals surface area contributed by atoms with Crippen molar-refractivity contribution in [3.63, 3.8) is 0 Å². The van der Waals surface area contributed by atoms with E-state index in [1.165, 1.54) is 23.5 Å². The van der Waals surface area contributed by atoms with Crippen LogP contribution in [0.5, 0.6) is 5.75 Å². The Balaban J connectivity index is 1.47. The first-order valence-electron chi connectivity index (χ1n) is 12.1. The monoisotopic (exact) mass is 544 g/mol. The van der Waals surface area contributed by atoms with Crippen molar-refractivity contribution in [1.82, 2.24) is 19.8 Å².